The molecule has 118 valence electrons. The van der Waals surface area contributed by atoms with Crippen molar-refractivity contribution in [2.45, 2.75) is 19.4 Å². The maximum Gasteiger partial charge on any atom is 0.268 e. The van der Waals surface area contributed by atoms with Gasteiger partial charge in [0.15, 0.2) is 0 Å². The second-order valence-corrected chi connectivity index (χ2v) is 6.17. The van der Waals surface area contributed by atoms with E-state index >= 15 is 0 Å². The molecule has 0 saturated heterocycles. The van der Waals surface area contributed by atoms with Gasteiger partial charge in [0.25, 0.3) is 5.91 Å². The maximum atomic E-state index is 13.3. The van der Waals surface area contributed by atoms with Crippen LogP contribution in [0.25, 0.3) is 0 Å². The lowest BCUT2D eigenvalue weighted by Gasteiger charge is -2.11. The largest absolute Gasteiger partial charge is 0.382 e. The van der Waals surface area contributed by atoms with Crippen LogP contribution in [0, 0.1) is 12.7 Å². The smallest absolute Gasteiger partial charge is 0.268 e. The first-order chi connectivity index (χ1) is 11.0. The third kappa shape index (κ3) is 3.59. The topological polar surface area (TPSA) is 50.7 Å². The van der Waals surface area contributed by atoms with Gasteiger partial charge in [0, 0.05) is 16.5 Å². The molecule has 1 amide bonds. The Labute approximate surface area is 141 Å². The summed E-state index contributed by atoms with van der Waals surface area (Å²) in [6.07, 6.45) is -0.417. The first-order valence-electron chi connectivity index (χ1n) is 7.08. The monoisotopic (exact) mass is 376 g/mol. The molecule has 2 aromatic rings. The molecule has 0 aromatic heterocycles. The summed E-state index contributed by atoms with van der Waals surface area (Å²) in [6.45, 7) is 1.97. The van der Waals surface area contributed by atoms with Crippen molar-refractivity contribution in [2.75, 3.05) is 5.32 Å². The highest BCUT2D eigenvalue weighted by Gasteiger charge is 2.29. The minimum atomic E-state index is -0.721. The van der Waals surface area contributed by atoms with E-state index < -0.39 is 6.10 Å². The number of nitrogens with one attached hydrogen (secondary N) is 1. The van der Waals surface area contributed by atoms with Crippen LogP contribution in [0.4, 0.5) is 10.1 Å². The molecule has 2 aromatic carbocycles. The number of rotatable bonds is 3. The quantitative estimate of drug-likeness (QED) is 0.878. The number of carbonyl (C=O) groups excluding carboxylic acids is 1. The van der Waals surface area contributed by atoms with E-state index in [-0.39, 0.29) is 11.7 Å². The number of halogens is 2. The zero-order chi connectivity index (χ0) is 16.4. The van der Waals surface area contributed by atoms with Crippen LogP contribution in [-0.4, -0.2) is 17.7 Å². The van der Waals surface area contributed by atoms with Gasteiger partial charge in [0.2, 0.25) is 6.10 Å². The van der Waals surface area contributed by atoms with Crippen molar-refractivity contribution < 1.29 is 14.0 Å². The molecule has 1 unspecified atom stereocenters. The Morgan fingerprint density at radius 3 is 2.91 bits per heavy atom. The number of benzene rings is 2. The van der Waals surface area contributed by atoms with Crippen LogP contribution in [0.2, 0.25) is 0 Å². The highest BCUT2D eigenvalue weighted by Crippen LogP contribution is 2.25. The summed E-state index contributed by atoms with van der Waals surface area (Å²) in [5.74, 6) is -0.633. The third-order valence-electron chi connectivity index (χ3n) is 3.50. The standard InChI is InChI=1S/C17H14BrFN2O2/c1-10-5-6-14(13(18)7-10)20-17(22)16-9-15(21-23-16)11-3-2-4-12(19)8-11/h2-8,16H,9H2,1H3,(H,20,22). The molecule has 4 nitrogen and oxygen atoms in total. The number of nitrogens with zero attached hydrogens (tertiary/aromatic N) is 1. The molecule has 3 rings (SSSR count). The van der Waals surface area contributed by atoms with E-state index in [9.17, 15) is 9.18 Å². The average Bonchev–Trinajstić information content (AvgIpc) is 3.00. The van der Waals surface area contributed by atoms with Gasteiger partial charge in [-0.15, -0.1) is 0 Å². The summed E-state index contributed by atoms with van der Waals surface area (Å²) in [5.41, 5.74) is 2.94. The van der Waals surface area contributed by atoms with Gasteiger partial charge in [-0.1, -0.05) is 23.4 Å². The summed E-state index contributed by atoms with van der Waals surface area (Å²) in [6, 6.07) is 11.7. The molecule has 1 aliphatic rings. The zero-order valence-electron chi connectivity index (χ0n) is 12.3. The van der Waals surface area contributed by atoms with Crippen molar-refractivity contribution in [1.82, 2.24) is 0 Å². The van der Waals surface area contributed by atoms with Gasteiger partial charge in [-0.25, -0.2) is 4.39 Å². The lowest BCUT2D eigenvalue weighted by Crippen LogP contribution is -2.28. The van der Waals surface area contributed by atoms with Gasteiger partial charge in [-0.3, -0.25) is 4.79 Å². The number of aryl methyl sites for hydroxylation is 1. The van der Waals surface area contributed by atoms with Gasteiger partial charge >= 0.3 is 0 Å². The van der Waals surface area contributed by atoms with Crippen molar-refractivity contribution in [1.29, 1.82) is 0 Å². The molecule has 0 spiro atoms. The predicted molar refractivity (Wildman–Crippen MR) is 89.9 cm³/mol. The maximum absolute atomic E-state index is 13.3. The first-order valence-corrected chi connectivity index (χ1v) is 7.88. The van der Waals surface area contributed by atoms with Crippen LogP contribution in [0.3, 0.4) is 0 Å². The van der Waals surface area contributed by atoms with Crippen LogP contribution in [0.15, 0.2) is 52.1 Å². The third-order valence-corrected chi connectivity index (χ3v) is 4.16. The van der Waals surface area contributed by atoms with Gasteiger partial charge < -0.3 is 10.2 Å². The fourth-order valence-electron chi connectivity index (χ4n) is 2.29. The van der Waals surface area contributed by atoms with Crippen LogP contribution < -0.4 is 5.32 Å². The highest BCUT2D eigenvalue weighted by atomic mass is 79.9. The molecule has 1 aliphatic heterocycles. The fourth-order valence-corrected chi connectivity index (χ4v) is 2.88. The summed E-state index contributed by atoms with van der Waals surface area (Å²) in [7, 11) is 0. The lowest BCUT2D eigenvalue weighted by atomic mass is 10.0. The van der Waals surface area contributed by atoms with Crippen LogP contribution in [-0.2, 0) is 9.63 Å². The van der Waals surface area contributed by atoms with Gasteiger partial charge in [0.1, 0.15) is 5.82 Å². The minimum Gasteiger partial charge on any atom is -0.382 e. The summed E-state index contributed by atoms with van der Waals surface area (Å²) >= 11 is 3.41. The van der Waals surface area contributed by atoms with Crippen molar-refractivity contribution in [3.63, 3.8) is 0 Å². The van der Waals surface area contributed by atoms with E-state index in [1.165, 1.54) is 12.1 Å². The number of hydrogen-bond donors (Lipinski definition) is 1. The van der Waals surface area contributed by atoms with Crippen molar-refractivity contribution >= 4 is 33.2 Å². The first kappa shape index (κ1) is 15.7. The molecule has 0 aliphatic carbocycles. The molecular formula is C17H14BrFN2O2. The molecule has 1 heterocycles. The Bertz CT molecular complexity index is 792. The van der Waals surface area contributed by atoms with E-state index in [1.807, 2.05) is 25.1 Å². The molecular weight excluding hydrogens is 363 g/mol. The second-order valence-electron chi connectivity index (χ2n) is 5.32. The van der Waals surface area contributed by atoms with Crippen molar-refractivity contribution in [2.24, 2.45) is 5.16 Å². The van der Waals surface area contributed by atoms with Gasteiger partial charge in [0.05, 0.1) is 11.4 Å². The van der Waals surface area contributed by atoms with Crippen LogP contribution in [0.1, 0.15) is 17.5 Å². The SMILES string of the molecule is Cc1ccc(NC(=O)C2CC(c3cccc(F)c3)=NO2)c(Br)c1. The Balaban J connectivity index is 1.67. The van der Waals surface area contributed by atoms with E-state index in [4.69, 9.17) is 4.84 Å². The molecule has 0 saturated carbocycles. The molecule has 0 bridgehead atoms. The molecule has 1 atom stereocenters. The van der Waals surface area contributed by atoms with E-state index in [0.717, 1.165) is 10.0 Å². The molecule has 1 N–H and O–H groups in total. The molecule has 6 heteroatoms. The Hall–Kier alpha value is -2.21. The normalized spacial score (nSPS) is 16.7. The molecule has 0 radical (unpaired) electrons. The van der Waals surface area contributed by atoms with Crippen LogP contribution in [0.5, 0.6) is 0 Å². The second kappa shape index (κ2) is 6.50. The minimum absolute atomic E-state index is 0.287. The Morgan fingerprint density at radius 1 is 1.35 bits per heavy atom. The van der Waals surface area contributed by atoms with Gasteiger partial charge in [-0.05, 0) is 52.7 Å². The van der Waals surface area contributed by atoms with Gasteiger partial charge in [-0.2, -0.15) is 0 Å². The number of amides is 1. The predicted octanol–water partition coefficient (Wildman–Crippen LogP) is 4.03. The summed E-state index contributed by atoms with van der Waals surface area (Å²) in [4.78, 5) is 17.5. The number of carbonyl (C=O) groups is 1. The summed E-state index contributed by atoms with van der Waals surface area (Å²) < 4.78 is 14.1. The Kier molecular flexibility index (Phi) is 4.43. The van der Waals surface area contributed by atoms with Crippen molar-refractivity contribution in [3.8, 4) is 0 Å². The zero-order valence-corrected chi connectivity index (χ0v) is 13.9. The van der Waals surface area contributed by atoms with E-state index in [2.05, 4.69) is 26.4 Å². The highest BCUT2D eigenvalue weighted by molar-refractivity contribution is 9.10. The number of anilines is 1. The fraction of sp³-hybridized carbons (Fsp3) is 0.176. The average molecular weight is 377 g/mol. The van der Waals surface area contributed by atoms with E-state index in [0.29, 0.717) is 23.4 Å². The molecule has 23 heavy (non-hydrogen) atoms. The number of oxime groups is 1. The lowest BCUT2D eigenvalue weighted by molar-refractivity contribution is -0.125. The Morgan fingerprint density at radius 2 is 2.17 bits per heavy atom. The van der Waals surface area contributed by atoms with Crippen molar-refractivity contribution in [3.05, 3.63) is 63.9 Å². The van der Waals surface area contributed by atoms with Crippen LogP contribution >= 0.6 is 15.9 Å². The van der Waals surface area contributed by atoms with E-state index in [1.54, 1.807) is 12.1 Å². The summed E-state index contributed by atoms with van der Waals surface area (Å²) in [5, 5.41) is 6.71. The number of hydrogen-bond acceptors (Lipinski definition) is 3. The molecule has 0 fully saturated rings.